The van der Waals surface area contributed by atoms with Gasteiger partial charge in [-0.05, 0) is 43.3 Å². The molecule has 0 bridgehead atoms. The van der Waals surface area contributed by atoms with E-state index in [-0.39, 0.29) is 6.10 Å². The molecule has 1 aromatic carbocycles. The maximum Gasteiger partial charge on any atom is 0.232 e. The maximum absolute atomic E-state index is 5.58. The summed E-state index contributed by atoms with van der Waals surface area (Å²) in [5, 5.41) is 8.26. The summed E-state index contributed by atoms with van der Waals surface area (Å²) in [5.74, 6) is 0.868. The van der Waals surface area contributed by atoms with Crippen LogP contribution in [0.2, 0.25) is 0 Å². The van der Waals surface area contributed by atoms with Crippen molar-refractivity contribution < 1.29 is 4.74 Å². The van der Waals surface area contributed by atoms with Crippen molar-refractivity contribution in [2.24, 2.45) is 0 Å². The molecular weight excluding hydrogens is 236 g/mol. The number of benzene rings is 1. The van der Waals surface area contributed by atoms with Crippen LogP contribution in [0.1, 0.15) is 13.8 Å². The summed E-state index contributed by atoms with van der Waals surface area (Å²) < 4.78 is 9.32. The van der Waals surface area contributed by atoms with E-state index in [1.165, 1.54) is 11.5 Å². The van der Waals surface area contributed by atoms with Gasteiger partial charge < -0.3 is 9.64 Å². The molecule has 0 fully saturated rings. The number of nitrogens with zero attached hydrogens (tertiary/aromatic N) is 4. The molecule has 0 atom stereocenters. The Morgan fingerprint density at radius 3 is 2.47 bits per heavy atom. The molecule has 0 saturated heterocycles. The van der Waals surface area contributed by atoms with Crippen LogP contribution in [0.25, 0.3) is 0 Å². The molecule has 0 aliphatic rings. The minimum atomic E-state index is 0.186. The molecule has 17 heavy (non-hydrogen) atoms. The molecule has 0 aliphatic carbocycles. The van der Waals surface area contributed by atoms with Gasteiger partial charge in [0.25, 0.3) is 0 Å². The van der Waals surface area contributed by atoms with Gasteiger partial charge >= 0.3 is 0 Å². The van der Waals surface area contributed by atoms with E-state index >= 15 is 0 Å². The van der Waals surface area contributed by atoms with Crippen molar-refractivity contribution in [3.05, 3.63) is 24.3 Å². The van der Waals surface area contributed by atoms with Crippen LogP contribution in [0, 0.1) is 0 Å². The molecule has 0 amide bonds. The fraction of sp³-hybridized carbons (Fsp3) is 0.364. The summed E-state index contributed by atoms with van der Waals surface area (Å²) in [4.78, 5) is 1.93. The third kappa shape index (κ3) is 2.91. The van der Waals surface area contributed by atoms with Gasteiger partial charge in [-0.25, -0.2) is 0 Å². The van der Waals surface area contributed by atoms with Crippen LogP contribution in [-0.4, -0.2) is 28.0 Å². The highest BCUT2D eigenvalue weighted by Crippen LogP contribution is 2.25. The van der Waals surface area contributed by atoms with Crippen LogP contribution < -0.4 is 9.64 Å². The number of rotatable bonds is 4. The summed E-state index contributed by atoms with van der Waals surface area (Å²) in [6, 6.07) is 7.86. The predicted molar refractivity (Wildman–Crippen MR) is 68.0 cm³/mol. The molecule has 1 heterocycles. The normalized spacial score (nSPS) is 10.6. The van der Waals surface area contributed by atoms with Gasteiger partial charge in [-0.2, -0.15) is 0 Å². The second kappa shape index (κ2) is 5.09. The fourth-order valence-corrected chi connectivity index (χ4v) is 1.84. The van der Waals surface area contributed by atoms with E-state index in [0.29, 0.717) is 0 Å². The van der Waals surface area contributed by atoms with E-state index in [1.807, 2.05) is 50.1 Å². The molecule has 0 N–H and O–H groups in total. The standard InChI is InChI=1S/C11H14N4OS/c1-8(2)16-10-6-4-9(5-7-10)15(3)11-12-13-14-17-11/h4-8H,1-3H3. The Morgan fingerprint density at radius 1 is 1.24 bits per heavy atom. The zero-order valence-electron chi connectivity index (χ0n) is 9.99. The van der Waals surface area contributed by atoms with Crippen molar-refractivity contribution in [1.82, 2.24) is 14.8 Å². The van der Waals surface area contributed by atoms with Crippen molar-refractivity contribution in [3.63, 3.8) is 0 Å². The topological polar surface area (TPSA) is 51.1 Å². The summed E-state index contributed by atoms with van der Waals surface area (Å²) in [6.07, 6.45) is 0.186. The zero-order chi connectivity index (χ0) is 12.3. The summed E-state index contributed by atoms with van der Waals surface area (Å²) in [7, 11) is 1.93. The monoisotopic (exact) mass is 250 g/mol. The lowest BCUT2D eigenvalue weighted by molar-refractivity contribution is 0.242. The first kappa shape index (κ1) is 11.8. The van der Waals surface area contributed by atoms with Gasteiger partial charge in [0.15, 0.2) is 0 Å². The third-order valence-electron chi connectivity index (χ3n) is 2.17. The highest BCUT2D eigenvalue weighted by atomic mass is 32.1. The van der Waals surface area contributed by atoms with Gasteiger partial charge in [0, 0.05) is 24.3 Å². The Kier molecular flexibility index (Phi) is 3.53. The first-order valence-electron chi connectivity index (χ1n) is 5.32. The van der Waals surface area contributed by atoms with Gasteiger partial charge in [-0.1, -0.05) is 9.59 Å². The molecule has 1 aromatic heterocycles. The molecule has 2 aromatic rings. The van der Waals surface area contributed by atoms with Crippen molar-refractivity contribution in [1.29, 1.82) is 0 Å². The van der Waals surface area contributed by atoms with Crippen molar-refractivity contribution in [3.8, 4) is 5.75 Å². The van der Waals surface area contributed by atoms with Gasteiger partial charge in [-0.3, -0.25) is 0 Å². The van der Waals surface area contributed by atoms with Gasteiger partial charge in [-0.15, -0.1) is 0 Å². The minimum Gasteiger partial charge on any atom is -0.491 e. The molecule has 6 heteroatoms. The number of hydrogen-bond acceptors (Lipinski definition) is 6. The molecule has 90 valence electrons. The average Bonchev–Trinajstić information content (AvgIpc) is 2.82. The van der Waals surface area contributed by atoms with Gasteiger partial charge in [0.1, 0.15) is 5.75 Å². The van der Waals surface area contributed by atoms with Crippen molar-refractivity contribution >= 4 is 22.4 Å². The molecule has 0 radical (unpaired) electrons. The van der Waals surface area contributed by atoms with Crippen LogP contribution >= 0.6 is 11.5 Å². The summed E-state index contributed by atoms with van der Waals surface area (Å²) in [5.41, 5.74) is 1.03. The molecule has 0 saturated carbocycles. The van der Waals surface area contributed by atoms with E-state index in [1.54, 1.807) is 0 Å². The van der Waals surface area contributed by atoms with E-state index in [4.69, 9.17) is 4.74 Å². The molecule has 5 nitrogen and oxygen atoms in total. The van der Waals surface area contributed by atoms with Crippen LogP contribution in [0.5, 0.6) is 5.75 Å². The quantitative estimate of drug-likeness (QED) is 0.834. The number of aromatic nitrogens is 3. The molecular formula is C11H14N4OS. The maximum atomic E-state index is 5.58. The van der Waals surface area contributed by atoms with Crippen LogP contribution in [0.3, 0.4) is 0 Å². The van der Waals surface area contributed by atoms with E-state index in [9.17, 15) is 0 Å². The Labute approximate surface area is 104 Å². The second-order valence-corrected chi connectivity index (χ2v) is 4.58. The molecule has 0 spiro atoms. The summed E-state index contributed by atoms with van der Waals surface area (Å²) >= 11 is 1.26. The predicted octanol–water partition coefficient (Wildman–Crippen LogP) is 2.49. The Morgan fingerprint density at radius 2 is 1.94 bits per heavy atom. The third-order valence-corrected chi connectivity index (χ3v) is 2.85. The van der Waals surface area contributed by atoms with E-state index < -0.39 is 0 Å². The largest absolute Gasteiger partial charge is 0.491 e. The van der Waals surface area contributed by atoms with Crippen molar-refractivity contribution in [2.75, 3.05) is 11.9 Å². The Balaban J connectivity index is 2.12. The van der Waals surface area contributed by atoms with Crippen LogP contribution in [0.4, 0.5) is 10.8 Å². The van der Waals surface area contributed by atoms with Gasteiger partial charge in [0.05, 0.1) is 6.10 Å². The first-order chi connectivity index (χ1) is 8.16. The molecule has 0 aliphatic heterocycles. The van der Waals surface area contributed by atoms with Gasteiger partial charge in [0.2, 0.25) is 5.13 Å². The minimum absolute atomic E-state index is 0.186. The first-order valence-corrected chi connectivity index (χ1v) is 6.09. The summed E-state index contributed by atoms with van der Waals surface area (Å²) in [6.45, 7) is 4.01. The molecule has 0 unspecified atom stereocenters. The smallest absolute Gasteiger partial charge is 0.232 e. The van der Waals surface area contributed by atoms with Crippen LogP contribution in [-0.2, 0) is 0 Å². The average molecular weight is 250 g/mol. The number of ether oxygens (including phenoxy) is 1. The highest BCUT2D eigenvalue weighted by Gasteiger charge is 2.08. The Hall–Kier alpha value is -1.69. The fourth-order valence-electron chi connectivity index (χ4n) is 1.39. The number of anilines is 2. The lowest BCUT2D eigenvalue weighted by Crippen LogP contribution is -2.09. The zero-order valence-corrected chi connectivity index (χ0v) is 10.8. The lowest BCUT2D eigenvalue weighted by Gasteiger charge is -2.15. The molecule has 2 rings (SSSR count). The second-order valence-electron chi connectivity index (χ2n) is 3.86. The van der Waals surface area contributed by atoms with Crippen LogP contribution in [0.15, 0.2) is 24.3 Å². The number of hydrogen-bond donors (Lipinski definition) is 0. The van der Waals surface area contributed by atoms with Crippen molar-refractivity contribution in [2.45, 2.75) is 20.0 Å². The van der Waals surface area contributed by atoms with E-state index in [2.05, 4.69) is 14.8 Å². The highest BCUT2D eigenvalue weighted by molar-refractivity contribution is 7.09. The SMILES string of the molecule is CC(C)Oc1ccc(N(C)c2nnns2)cc1. The lowest BCUT2D eigenvalue weighted by atomic mass is 10.3. The Bertz CT molecular complexity index is 455. The van der Waals surface area contributed by atoms with E-state index in [0.717, 1.165) is 16.6 Å².